The van der Waals surface area contributed by atoms with Crippen LogP contribution in [0.5, 0.6) is 11.5 Å². The maximum Gasteiger partial charge on any atom is 0.429 e. The molecule has 1 N–H and O–H groups in total. The molecule has 33 heavy (non-hydrogen) atoms. The van der Waals surface area contributed by atoms with Crippen molar-refractivity contribution in [1.82, 2.24) is 4.98 Å². The Morgan fingerprint density at radius 1 is 0.970 bits per heavy atom. The maximum atomic E-state index is 13.8. The average molecular weight is 513 g/mol. The Labute approximate surface area is 199 Å². The number of rotatable bonds is 5. The van der Waals surface area contributed by atoms with Crippen LogP contribution in [0.25, 0.3) is 10.2 Å². The molecule has 4 rings (SSSR count). The zero-order valence-electron chi connectivity index (χ0n) is 16.4. The molecular weight excluding hydrogens is 500 g/mol. The predicted octanol–water partition coefficient (Wildman–Crippen LogP) is 7.90. The molecule has 0 aliphatic heterocycles. The topological polar surface area (TPSA) is 60.5 Å². The van der Waals surface area contributed by atoms with Crippen LogP contribution in [-0.2, 0) is 0 Å². The standard InChI is InChI=1S/C22H13Cl2F3N2O3S/c23-14-7-4-8-15(24)18(14)19(22(25,26)27)31-13-9-10-16-17(11-13)33-20(28-16)29-21(30)32-12-5-2-1-3-6-12/h1-11,19H,(H,28,29,30). The first-order valence-electron chi connectivity index (χ1n) is 9.32. The second kappa shape index (κ2) is 9.46. The first-order chi connectivity index (χ1) is 15.7. The Bertz CT molecular complexity index is 1280. The number of fused-ring (bicyclic) bond motifs is 1. The fourth-order valence-electron chi connectivity index (χ4n) is 2.93. The number of carbonyl (C=O) groups is 1. The number of para-hydroxylation sites is 1. The molecule has 170 valence electrons. The quantitative estimate of drug-likeness (QED) is 0.295. The first kappa shape index (κ1) is 23.2. The van der Waals surface area contributed by atoms with Gasteiger partial charge in [0.25, 0.3) is 0 Å². The number of thiazole rings is 1. The minimum atomic E-state index is -4.77. The molecule has 3 aromatic carbocycles. The number of alkyl halides is 3. The van der Waals surface area contributed by atoms with Gasteiger partial charge in [0.2, 0.25) is 6.10 Å². The van der Waals surface area contributed by atoms with Crippen molar-refractivity contribution in [2.45, 2.75) is 12.3 Å². The Morgan fingerprint density at radius 3 is 2.33 bits per heavy atom. The second-order valence-electron chi connectivity index (χ2n) is 6.65. The number of aromatic nitrogens is 1. The monoisotopic (exact) mass is 512 g/mol. The largest absolute Gasteiger partial charge is 0.476 e. The van der Waals surface area contributed by atoms with Crippen LogP contribution in [0.2, 0.25) is 10.0 Å². The van der Waals surface area contributed by atoms with Crippen LogP contribution < -0.4 is 14.8 Å². The van der Waals surface area contributed by atoms with E-state index in [1.165, 1.54) is 36.4 Å². The molecular formula is C22H13Cl2F3N2O3S. The van der Waals surface area contributed by atoms with Gasteiger partial charge in [-0.05, 0) is 42.5 Å². The van der Waals surface area contributed by atoms with Crippen LogP contribution in [0.15, 0.2) is 66.7 Å². The van der Waals surface area contributed by atoms with E-state index < -0.39 is 18.4 Å². The average Bonchev–Trinajstić information content (AvgIpc) is 3.14. The van der Waals surface area contributed by atoms with Gasteiger partial charge in [0.05, 0.1) is 10.2 Å². The van der Waals surface area contributed by atoms with Crippen molar-refractivity contribution < 1.29 is 27.4 Å². The van der Waals surface area contributed by atoms with Crippen molar-refractivity contribution in [3.63, 3.8) is 0 Å². The van der Waals surface area contributed by atoms with Crippen molar-refractivity contribution in [1.29, 1.82) is 0 Å². The van der Waals surface area contributed by atoms with Crippen molar-refractivity contribution in [2.24, 2.45) is 0 Å². The van der Waals surface area contributed by atoms with Gasteiger partial charge in [0.15, 0.2) is 5.13 Å². The molecule has 0 radical (unpaired) electrons. The van der Waals surface area contributed by atoms with Gasteiger partial charge in [-0.25, -0.2) is 9.78 Å². The van der Waals surface area contributed by atoms with E-state index in [9.17, 15) is 18.0 Å². The van der Waals surface area contributed by atoms with Crippen LogP contribution in [0.1, 0.15) is 11.7 Å². The smallest absolute Gasteiger partial charge is 0.429 e. The summed E-state index contributed by atoms with van der Waals surface area (Å²) in [4.78, 5) is 16.3. The van der Waals surface area contributed by atoms with Crippen LogP contribution in [0.4, 0.5) is 23.1 Å². The lowest BCUT2D eigenvalue weighted by Gasteiger charge is -2.24. The third-order valence-electron chi connectivity index (χ3n) is 4.34. The Hall–Kier alpha value is -3.01. The Kier molecular flexibility index (Phi) is 6.64. The van der Waals surface area contributed by atoms with Gasteiger partial charge >= 0.3 is 12.3 Å². The van der Waals surface area contributed by atoms with Gasteiger partial charge in [-0.1, -0.05) is 58.8 Å². The van der Waals surface area contributed by atoms with E-state index >= 15 is 0 Å². The number of nitrogens with one attached hydrogen (secondary N) is 1. The lowest BCUT2D eigenvalue weighted by atomic mass is 10.1. The van der Waals surface area contributed by atoms with Crippen molar-refractivity contribution in [3.05, 3.63) is 82.3 Å². The summed E-state index contributed by atoms with van der Waals surface area (Å²) in [5, 5.41) is 2.39. The molecule has 1 unspecified atom stereocenters. The first-order valence-corrected chi connectivity index (χ1v) is 10.9. The van der Waals surface area contributed by atoms with Gasteiger partial charge in [-0.15, -0.1) is 0 Å². The highest BCUT2D eigenvalue weighted by atomic mass is 35.5. The van der Waals surface area contributed by atoms with E-state index in [-0.39, 0.29) is 26.5 Å². The lowest BCUT2D eigenvalue weighted by molar-refractivity contribution is -0.197. The number of nitrogens with zero attached hydrogens (tertiary/aromatic N) is 1. The molecule has 0 spiro atoms. The molecule has 0 fully saturated rings. The molecule has 0 saturated heterocycles. The van der Waals surface area contributed by atoms with E-state index in [1.54, 1.807) is 30.3 Å². The van der Waals surface area contributed by atoms with Gasteiger partial charge in [-0.3, -0.25) is 5.32 Å². The Balaban J connectivity index is 1.55. The normalized spacial score (nSPS) is 12.4. The highest BCUT2D eigenvalue weighted by Crippen LogP contribution is 2.43. The zero-order chi connectivity index (χ0) is 23.6. The fraction of sp³-hybridized carbons (Fsp3) is 0.0909. The number of amides is 1. The summed E-state index contributed by atoms with van der Waals surface area (Å²) in [6.45, 7) is 0. The van der Waals surface area contributed by atoms with Crippen molar-refractivity contribution in [2.75, 3.05) is 5.32 Å². The SMILES string of the molecule is O=C(Nc1nc2ccc(OC(c3c(Cl)cccc3Cl)C(F)(F)F)cc2s1)Oc1ccccc1. The molecule has 0 aliphatic rings. The van der Waals surface area contributed by atoms with Crippen LogP contribution in [-0.4, -0.2) is 17.3 Å². The fourth-order valence-corrected chi connectivity index (χ4v) is 4.40. The number of halogens is 5. The summed E-state index contributed by atoms with van der Waals surface area (Å²) in [5.74, 6) is 0.283. The summed E-state index contributed by atoms with van der Waals surface area (Å²) in [6, 6.07) is 16.7. The number of ether oxygens (including phenoxy) is 2. The Morgan fingerprint density at radius 2 is 1.67 bits per heavy atom. The molecule has 1 atom stereocenters. The van der Waals surface area contributed by atoms with E-state index in [0.29, 0.717) is 16.0 Å². The summed E-state index contributed by atoms with van der Waals surface area (Å²) < 4.78 is 52.2. The molecule has 1 amide bonds. The molecule has 0 bridgehead atoms. The minimum absolute atomic E-state index is 0.0668. The summed E-state index contributed by atoms with van der Waals surface area (Å²) >= 11 is 13.0. The van der Waals surface area contributed by atoms with E-state index in [1.807, 2.05) is 0 Å². The molecule has 11 heteroatoms. The number of hydrogen-bond donors (Lipinski definition) is 1. The summed E-state index contributed by atoms with van der Waals surface area (Å²) in [6.07, 6.45) is -7.89. The molecule has 5 nitrogen and oxygen atoms in total. The lowest BCUT2D eigenvalue weighted by Crippen LogP contribution is -2.26. The van der Waals surface area contributed by atoms with E-state index in [0.717, 1.165) is 11.3 Å². The number of anilines is 1. The zero-order valence-corrected chi connectivity index (χ0v) is 18.7. The minimum Gasteiger partial charge on any atom is -0.476 e. The van der Waals surface area contributed by atoms with Gasteiger partial charge in [0.1, 0.15) is 11.5 Å². The maximum absolute atomic E-state index is 13.8. The van der Waals surface area contributed by atoms with Crippen molar-refractivity contribution in [3.8, 4) is 11.5 Å². The summed E-state index contributed by atoms with van der Waals surface area (Å²) in [5.41, 5.74) is 0.0884. The number of hydrogen-bond acceptors (Lipinski definition) is 5. The molecule has 0 saturated carbocycles. The number of carbonyl (C=O) groups excluding carboxylic acids is 1. The number of benzene rings is 3. The third kappa shape index (κ3) is 5.50. The third-order valence-corrected chi connectivity index (χ3v) is 5.93. The van der Waals surface area contributed by atoms with Gasteiger partial charge < -0.3 is 9.47 Å². The van der Waals surface area contributed by atoms with E-state index in [4.69, 9.17) is 32.7 Å². The second-order valence-corrected chi connectivity index (χ2v) is 8.50. The molecule has 0 aliphatic carbocycles. The van der Waals surface area contributed by atoms with E-state index in [2.05, 4.69) is 10.3 Å². The molecule has 1 aromatic heterocycles. The summed E-state index contributed by atoms with van der Waals surface area (Å²) in [7, 11) is 0. The predicted molar refractivity (Wildman–Crippen MR) is 122 cm³/mol. The van der Waals surface area contributed by atoms with Gasteiger partial charge in [0, 0.05) is 15.6 Å². The highest BCUT2D eigenvalue weighted by Gasteiger charge is 2.45. The van der Waals surface area contributed by atoms with Crippen molar-refractivity contribution >= 4 is 56.0 Å². The molecule has 4 aromatic rings. The van der Waals surface area contributed by atoms with Crippen LogP contribution >= 0.6 is 34.5 Å². The van der Waals surface area contributed by atoms with Gasteiger partial charge in [-0.2, -0.15) is 13.2 Å². The van der Waals surface area contributed by atoms with Crippen LogP contribution in [0, 0.1) is 0 Å². The highest BCUT2D eigenvalue weighted by molar-refractivity contribution is 7.22. The van der Waals surface area contributed by atoms with Crippen LogP contribution in [0.3, 0.4) is 0 Å². The molecule has 1 heterocycles.